The zero-order chi connectivity index (χ0) is 14.6. The Hall–Kier alpha value is -2.18. The number of nitrogens with zero attached hydrogens (tertiary/aromatic N) is 2. The molecule has 1 aromatic rings. The van der Waals surface area contributed by atoms with Crippen molar-refractivity contribution >= 4 is 17.4 Å². The summed E-state index contributed by atoms with van der Waals surface area (Å²) in [6, 6.07) is 1.14. The van der Waals surface area contributed by atoms with Crippen LogP contribution in [0.5, 0.6) is 0 Å². The monoisotopic (exact) mass is 266 g/mol. The molecule has 1 unspecified atom stereocenters. The van der Waals surface area contributed by atoms with Crippen LogP contribution in [0.15, 0.2) is 12.3 Å². The summed E-state index contributed by atoms with van der Waals surface area (Å²) < 4.78 is 0. The third-order valence-corrected chi connectivity index (χ3v) is 2.92. The molecule has 1 aromatic heterocycles. The first-order valence-electron chi connectivity index (χ1n) is 6.07. The van der Waals surface area contributed by atoms with E-state index in [4.69, 9.17) is 5.73 Å². The maximum Gasteiger partial charge on any atom is 0.288 e. The van der Waals surface area contributed by atoms with Gasteiger partial charge in [-0.05, 0) is 12.3 Å². The van der Waals surface area contributed by atoms with Gasteiger partial charge in [0.25, 0.3) is 11.6 Å². The molecule has 1 heterocycles. The fourth-order valence-electron chi connectivity index (χ4n) is 1.73. The molecule has 0 saturated heterocycles. The number of carbonyl (C=O) groups excluding carboxylic acids is 1. The summed E-state index contributed by atoms with van der Waals surface area (Å²) in [5.74, 6) is -0.183. The molecule has 19 heavy (non-hydrogen) atoms. The van der Waals surface area contributed by atoms with Gasteiger partial charge < -0.3 is 11.1 Å². The highest BCUT2D eigenvalue weighted by atomic mass is 16.6. The Kier molecular flexibility index (Phi) is 4.80. The van der Waals surface area contributed by atoms with E-state index in [9.17, 15) is 14.9 Å². The number of nitrogens with one attached hydrogen (secondary N) is 1. The zero-order valence-corrected chi connectivity index (χ0v) is 11.2. The van der Waals surface area contributed by atoms with E-state index in [2.05, 4.69) is 10.3 Å². The topological polar surface area (TPSA) is 111 Å². The van der Waals surface area contributed by atoms with E-state index < -0.39 is 10.8 Å². The molecule has 3 N–H and O–H groups in total. The summed E-state index contributed by atoms with van der Waals surface area (Å²) in [5, 5.41) is 13.5. The predicted octanol–water partition coefficient (Wildman–Crippen LogP) is 1.74. The van der Waals surface area contributed by atoms with E-state index in [0.717, 1.165) is 18.7 Å². The first kappa shape index (κ1) is 14.9. The Labute approximate surface area is 111 Å². The van der Waals surface area contributed by atoms with Gasteiger partial charge in [0.2, 0.25) is 0 Å². The van der Waals surface area contributed by atoms with Gasteiger partial charge in [-0.25, -0.2) is 4.98 Å². The molecule has 0 aliphatic carbocycles. The molecule has 0 aliphatic heterocycles. The molecule has 7 heteroatoms. The second-order valence-electron chi connectivity index (χ2n) is 4.62. The normalized spacial score (nSPS) is 12.2. The number of aromatic nitrogens is 1. The van der Waals surface area contributed by atoms with E-state index in [1.165, 1.54) is 0 Å². The first-order valence-corrected chi connectivity index (χ1v) is 6.07. The van der Waals surface area contributed by atoms with Gasteiger partial charge in [0.15, 0.2) is 0 Å². The number of amides is 1. The van der Waals surface area contributed by atoms with Crippen molar-refractivity contribution in [1.82, 2.24) is 10.3 Å². The van der Waals surface area contributed by atoms with Crippen molar-refractivity contribution in [3.8, 4) is 0 Å². The Morgan fingerprint density at radius 3 is 2.68 bits per heavy atom. The van der Waals surface area contributed by atoms with Crippen molar-refractivity contribution in [2.24, 2.45) is 5.92 Å². The van der Waals surface area contributed by atoms with Crippen molar-refractivity contribution in [3.05, 3.63) is 27.9 Å². The number of nitrogen functional groups attached to an aromatic ring is 1. The van der Waals surface area contributed by atoms with Crippen molar-refractivity contribution in [2.75, 3.05) is 5.73 Å². The van der Waals surface area contributed by atoms with Crippen LogP contribution in [0.1, 0.15) is 37.6 Å². The minimum Gasteiger partial charge on any atom is -0.383 e. The Bertz CT molecular complexity index is 488. The van der Waals surface area contributed by atoms with Crippen molar-refractivity contribution in [2.45, 2.75) is 33.2 Å². The number of nitrogens with two attached hydrogens (primary N) is 1. The molecule has 0 bridgehead atoms. The quantitative estimate of drug-likeness (QED) is 0.622. The van der Waals surface area contributed by atoms with Crippen molar-refractivity contribution in [3.63, 3.8) is 0 Å². The Morgan fingerprint density at radius 1 is 1.58 bits per heavy atom. The summed E-state index contributed by atoms with van der Waals surface area (Å²) in [7, 11) is 0. The third kappa shape index (κ3) is 3.64. The van der Waals surface area contributed by atoms with Crippen LogP contribution >= 0.6 is 0 Å². The van der Waals surface area contributed by atoms with Gasteiger partial charge >= 0.3 is 0 Å². The molecule has 1 rings (SSSR count). The standard InChI is InChI=1S/C12H18N4O3/c1-4-10(7(2)3)15-12(17)9-5-8(16(18)19)6-14-11(9)13/h5-7,10H,4H2,1-3H3,(H2,13,14)(H,15,17). The van der Waals surface area contributed by atoms with Crippen LogP contribution in [-0.2, 0) is 0 Å². The molecule has 0 aromatic carbocycles. The predicted molar refractivity (Wildman–Crippen MR) is 71.7 cm³/mol. The van der Waals surface area contributed by atoms with Gasteiger partial charge in [0.1, 0.15) is 12.0 Å². The van der Waals surface area contributed by atoms with Crippen LogP contribution in [0.4, 0.5) is 11.5 Å². The molecule has 0 spiro atoms. The van der Waals surface area contributed by atoms with Crippen LogP contribution < -0.4 is 11.1 Å². The molecular formula is C12H18N4O3. The number of rotatable bonds is 5. The lowest BCUT2D eigenvalue weighted by Gasteiger charge is -2.20. The van der Waals surface area contributed by atoms with Gasteiger partial charge in [-0.1, -0.05) is 20.8 Å². The smallest absolute Gasteiger partial charge is 0.288 e. The maximum atomic E-state index is 12.1. The minimum absolute atomic E-state index is 0.00818. The number of carbonyl (C=O) groups is 1. The highest BCUT2D eigenvalue weighted by Gasteiger charge is 2.20. The van der Waals surface area contributed by atoms with E-state index in [-0.39, 0.29) is 29.0 Å². The zero-order valence-electron chi connectivity index (χ0n) is 11.2. The molecule has 1 atom stereocenters. The number of anilines is 1. The Morgan fingerprint density at radius 2 is 2.21 bits per heavy atom. The molecular weight excluding hydrogens is 248 g/mol. The van der Waals surface area contributed by atoms with Crippen molar-refractivity contribution < 1.29 is 9.72 Å². The molecule has 1 amide bonds. The third-order valence-electron chi connectivity index (χ3n) is 2.92. The van der Waals surface area contributed by atoms with Crippen LogP contribution in [-0.4, -0.2) is 21.9 Å². The molecule has 104 valence electrons. The maximum absolute atomic E-state index is 12.1. The Balaban J connectivity index is 2.99. The summed E-state index contributed by atoms with van der Waals surface area (Å²) in [6.07, 6.45) is 1.80. The summed E-state index contributed by atoms with van der Waals surface area (Å²) in [4.78, 5) is 25.8. The van der Waals surface area contributed by atoms with Gasteiger partial charge in [-0.3, -0.25) is 14.9 Å². The van der Waals surface area contributed by atoms with Crippen LogP contribution in [0.3, 0.4) is 0 Å². The number of hydrogen-bond donors (Lipinski definition) is 2. The SMILES string of the molecule is CCC(NC(=O)c1cc([N+](=O)[O-])cnc1N)C(C)C. The van der Waals surface area contributed by atoms with E-state index in [1.54, 1.807) is 0 Å². The highest BCUT2D eigenvalue weighted by molar-refractivity contribution is 5.99. The molecule has 0 radical (unpaired) electrons. The lowest BCUT2D eigenvalue weighted by molar-refractivity contribution is -0.385. The summed E-state index contributed by atoms with van der Waals surface area (Å²) in [5.41, 5.74) is 5.37. The second kappa shape index (κ2) is 6.12. The summed E-state index contributed by atoms with van der Waals surface area (Å²) in [6.45, 7) is 5.94. The molecule has 0 fully saturated rings. The van der Waals surface area contributed by atoms with Crippen molar-refractivity contribution in [1.29, 1.82) is 0 Å². The average Bonchev–Trinajstić information content (AvgIpc) is 2.35. The number of hydrogen-bond acceptors (Lipinski definition) is 5. The highest BCUT2D eigenvalue weighted by Crippen LogP contribution is 2.17. The summed E-state index contributed by atoms with van der Waals surface area (Å²) >= 11 is 0. The average molecular weight is 266 g/mol. The number of pyridine rings is 1. The molecule has 7 nitrogen and oxygen atoms in total. The fourth-order valence-corrected chi connectivity index (χ4v) is 1.73. The van der Waals surface area contributed by atoms with Crippen LogP contribution in [0.25, 0.3) is 0 Å². The van der Waals surface area contributed by atoms with E-state index in [1.807, 2.05) is 20.8 Å². The van der Waals surface area contributed by atoms with Gasteiger partial charge in [-0.15, -0.1) is 0 Å². The lowest BCUT2D eigenvalue weighted by atomic mass is 10.0. The first-order chi connectivity index (χ1) is 8.86. The fraction of sp³-hybridized carbons (Fsp3) is 0.500. The second-order valence-corrected chi connectivity index (χ2v) is 4.62. The van der Waals surface area contributed by atoms with Gasteiger partial charge in [0.05, 0.1) is 10.5 Å². The van der Waals surface area contributed by atoms with Gasteiger partial charge in [0, 0.05) is 12.1 Å². The van der Waals surface area contributed by atoms with Gasteiger partial charge in [-0.2, -0.15) is 0 Å². The lowest BCUT2D eigenvalue weighted by Crippen LogP contribution is -2.38. The van der Waals surface area contributed by atoms with E-state index >= 15 is 0 Å². The molecule has 0 aliphatic rings. The number of nitro groups is 1. The largest absolute Gasteiger partial charge is 0.383 e. The minimum atomic E-state index is -0.608. The van der Waals surface area contributed by atoms with Crippen LogP contribution in [0, 0.1) is 16.0 Å². The molecule has 0 saturated carbocycles. The van der Waals surface area contributed by atoms with E-state index in [0.29, 0.717) is 0 Å². The van der Waals surface area contributed by atoms with Crippen LogP contribution in [0.2, 0.25) is 0 Å².